The van der Waals surface area contributed by atoms with Gasteiger partial charge in [0.25, 0.3) is 11.8 Å². The molecule has 20 heavy (non-hydrogen) atoms. The average Bonchev–Trinajstić information content (AvgIpc) is 2.46. The van der Waals surface area contributed by atoms with E-state index in [9.17, 15) is 9.59 Å². The number of carbonyl (C=O) groups excluding carboxylic acids is 2. The van der Waals surface area contributed by atoms with Crippen LogP contribution in [0.4, 0.5) is 5.69 Å². The Morgan fingerprint density at radius 3 is 2.50 bits per heavy atom. The molecule has 110 valence electrons. The summed E-state index contributed by atoms with van der Waals surface area (Å²) < 4.78 is 4.95. The van der Waals surface area contributed by atoms with E-state index in [1.54, 1.807) is 31.2 Å². The number of hydrogen-bond acceptors (Lipinski definition) is 3. The highest BCUT2D eigenvalue weighted by Gasteiger charge is 2.17. The quantitative estimate of drug-likeness (QED) is 0.838. The number of amides is 2. The normalized spacial score (nSPS) is 13.4. The maximum absolute atomic E-state index is 12.2. The monoisotopic (exact) mass is 278 g/mol. The number of rotatable bonds is 6. The second kappa shape index (κ2) is 7.65. The molecule has 0 radical (unpaired) electrons. The van der Waals surface area contributed by atoms with E-state index in [1.165, 1.54) is 7.11 Å². The smallest absolute Gasteiger partial charge is 0.253 e. The summed E-state index contributed by atoms with van der Waals surface area (Å²) in [5.41, 5.74) is 0.937. The fraction of sp³-hybridized carbons (Fsp3) is 0.467. The zero-order valence-corrected chi connectivity index (χ0v) is 12.4. The maximum atomic E-state index is 12.2. The first-order valence-electron chi connectivity index (χ1n) is 6.73. The molecule has 0 spiro atoms. The maximum Gasteiger partial charge on any atom is 0.253 e. The minimum atomic E-state index is -0.569. The Labute approximate surface area is 119 Å². The number of nitrogens with one attached hydrogen (secondary N) is 2. The number of benzene rings is 1. The lowest BCUT2D eigenvalue weighted by Gasteiger charge is -2.16. The lowest BCUT2D eigenvalue weighted by molar-refractivity contribution is -0.124. The molecule has 2 N–H and O–H groups in total. The molecule has 0 fully saturated rings. The van der Waals surface area contributed by atoms with Gasteiger partial charge < -0.3 is 15.4 Å². The predicted molar refractivity (Wildman–Crippen MR) is 78.8 cm³/mol. The van der Waals surface area contributed by atoms with Gasteiger partial charge in [0.2, 0.25) is 0 Å². The van der Waals surface area contributed by atoms with Crippen LogP contribution in [0, 0.1) is 0 Å². The fourth-order valence-corrected chi connectivity index (χ4v) is 1.54. The summed E-state index contributed by atoms with van der Waals surface area (Å²) in [6.45, 7) is 5.59. The van der Waals surface area contributed by atoms with Gasteiger partial charge in [-0.25, -0.2) is 0 Å². The van der Waals surface area contributed by atoms with Crippen LogP contribution in [0.5, 0.6) is 0 Å². The summed E-state index contributed by atoms with van der Waals surface area (Å²) in [6, 6.07) is 7.01. The summed E-state index contributed by atoms with van der Waals surface area (Å²) in [5, 5.41) is 5.59. The van der Waals surface area contributed by atoms with E-state index in [0.717, 1.165) is 6.42 Å². The SMILES string of the molecule is CCC(C)NC(=O)c1ccccc1NC(=O)C(C)OC. The van der Waals surface area contributed by atoms with E-state index < -0.39 is 6.10 Å². The van der Waals surface area contributed by atoms with Crippen molar-refractivity contribution < 1.29 is 14.3 Å². The van der Waals surface area contributed by atoms with Gasteiger partial charge in [0.15, 0.2) is 0 Å². The second-order valence-corrected chi connectivity index (χ2v) is 4.70. The van der Waals surface area contributed by atoms with Crippen LogP contribution in [0.15, 0.2) is 24.3 Å². The van der Waals surface area contributed by atoms with E-state index >= 15 is 0 Å². The van der Waals surface area contributed by atoms with Gasteiger partial charge >= 0.3 is 0 Å². The average molecular weight is 278 g/mol. The van der Waals surface area contributed by atoms with Crippen LogP contribution < -0.4 is 10.6 Å². The summed E-state index contributed by atoms with van der Waals surface area (Å²) >= 11 is 0. The van der Waals surface area contributed by atoms with Crippen LogP contribution in [-0.2, 0) is 9.53 Å². The highest BCUT2D eigenvalue weighted by Crippen LogP contribution is 2.16. The van der Waals surface area contributed by atoms with E-state index in [-0.39, 0.29) is 17.9 Å². The van der Waals surface area contributed by atoms with Gasteiger partial charge in [0.05, 0.1) is 11.3 Å². The molecular formula is C15H22N2O3. The number of carbonyl (C=O) groups is 2. The molecule has 5 nitrogen and oxygen atoms in total. The number of para-hydroxylation sites is 1. The Hall–Kier alpha value is -1.88. The molecule has 1 rings (SSSR count). The first kappa shape index (κ1) is 16.2. The second-order valence-electron chi connectivity index (χ2n) is 4.70. The standard InChI is InChI=1S/C15H22N2O3/c1-5-10(2)16-15(19)12-8-6-7-9-13(12)17-14(18)11(3)20-4/h6-11H,5H2,1-4H3,(H,16,19)(H,17,18). The number of anilines is 1. The molecule has 0 bridgehead atoms. The predicted octanol–water partition coefficient (Wildman–Crippen LogP) is 2.19. The zero-order valence-electron chi connectivity index (χ0n) is 12.4. The third kappa shape index (κ3) is 4.35. The van der Waals surface area contributed by atoms with Crippen molar-refractivity contribution >= 4 is 17.5 Å². The zero-order chi connectivity index (χ0) is 15.1. The lowest BCUT2D eigenvalue weighted by Crippen LogP contribution is -2.33. The van der Waals surface area contributed by atoms with Gasteiger partial charge in [-0.15, -0.1) is 0 Å². The molecule has 0 aromatic heterocycles. The molecular weight excluding hydrogens is 256 g/mol. The molecule has 1 aromatic carbocycles. The molecule has 2 amide bonds. The Kier molecular flexibility index (Phi) is 6.18. The minimum Gasteiger partial charge on any atom is -0.372 e. The van der Waals surface area contributed by atoms with Crippen LogP contribution in [0.25, 0.3) is 0 Å². The van der Waals surface area contributed by atoms with Gasteiger partial charge in [-0.3, -0.25) is 9.59 Å². The Bertz CT molecular complexity index is 474. The Morgan fingerprint density at radius 2 is 1.90 bits per heavy atom. The van der Waals surface area contributed by atoms with E-state index in [0.29, 0.717) is 11.3 Å². The highest BCUT2D eigenvalue weighted by atomic mass is 16.5. The van der Waals surface area contributed by atoms with Gasteiger partial charge in [-0.05, 0) is 32.4 Å². The summed E-state index contributed by atoms with van der Waals surface area (Å²) in [7, 11) is 1.46. The number of methoxy groups -OCH3 is 1. The molecule has 2 unspecified atom stereocenters. The van der Waals surface area contributed by atoms with Gasteiger partial charge in [0, 0.05) is 13.2 Å². The van der Waals surface area contributed by atoms with Crippen molar-refractivity contribution in [3.63, 3.8) is 0 Å². The van der Waals surface area contributed by atoms with Crippen molar-refractivity contribution in [2.45, 2.75) is 39.3 Å². The molecule has 0 aliphatic rings. The Morgan fingerprint density at radius 1 is 1.25 bits per heavy atom. The number of hydrogen-bond donors (Lipinski definition) is 2. The molecule has 0 saturated carbocycles. The van der Waals surface area contributed by atoms with Gasteiger partial charge in [-0.1, -0.05) is 19.1 Å². The van der Waals surface area contributed by atoms with Crippen molar-refractivity contribution in [2.75, 3.05) is 12.4 Å². The molecule has 0 heterocycles. The molecule has 2 atom stereocenters. The minimum absolute atomic E-state index is 0.0872. The Balaban J connectivity index is 2.88. The molecule has 5 heteroatoms. The summed E-state index contributed by atoms with van der Waals surface area (Å²) in [4.78, 5) is 24.0. The molecule has 1 aromatic rings. The van der Waals surface area contributed by atoms with Crippen molar-refractivity contribution in [1.29, 1.82) is 0 Å². The third-order valence-electron chi connectivity index (χ3n) is 3.14. The van der Waals surface area contributed by atoms with Crippen LogP contribution in [0.1, 0.15) is 37.6 Å². The van der Waals surface area contributed by atoms with Crippen molar-refractivity contribution in [3.05, 3.63) is 29.8 Å². The fourth-order valence-electron chi connectivity index (χ4n) is 1.54. The van der Waals surface area contributed by atoms with E-state index in [1.807, 2.05) is 13.8 Å². The van der Waals surface area contributed by atoms with E-state index in [4.69, 9.17) is 4.74 Å². The lowest BCUT2D eigenvalue weighted by atomic mass is 10.1. The molecule has 0 aliphatic heterocycles. The van der Waals surface area contributed by atoms with Crippen molar-refractivity contribution in [3.8, 4) is 0 Å². The largest absolute Gasteiger partial charge is 0.372 e. The van der Waals surface area contributed by atoms with Crippen LogP contribution in [0.2, 0.25) is 0 Å². The van der Waals surface area contributed by atoms with Crippen molar-refractivity contribution in [1.82, 2.24) is 5.32 Å². The molecule has 0 saturated heterocycles. The summed E-state index contributed by atoms with van der Waals surface area (Å²) in [5.74, 6) is -0.475. The van der Waals surface area contributed by atoms with Gasteiger partial charge in [-0.2, -0.15) is 0 Å². The highest BCUT2D eigenvalue weighted by molar-refractivity contribution is 6.04. The first-order valence-corrected chi connectivity index (χ1v) is 6.73. The van der Waals surface area contributed by atoms with Crippen molar-refractivity contribution in [2.24, 2.45) is 0 Å². The van der Waals surface area contributed by atoms with Crippen LogP contribution in [-0.4, -0.2) is 31.1 Å². The third-order valence-corrected chi connectivity index (χ3v) is 3.14. The van der Waals surface area contributed by atoms with Crippen LogP contribution in [0.3, 0.4) is 0 Å². The van der Waals surface area contributed by atoms with Crippen LogP contribution >= 0.6 is 0 Å². The topological polar surface area (TPSA) is 67.4 Å². The summed E-state index contributed by atoms with van der Waals surface area (Å²) in [6.07, 6.45) is 0.279. The van der Waals surface area contributed by atoms with Gasteiger partial charge in [0.1, 0.15) is 6.10 Å². The number of ether oxygens (including phenoxy) is 1. The van der Waals surface area contributed by atoms with E-state index in [2.05, 4.69) is 10.6 Å². The first-order chi connectivity index (χ1) is 9.49. The molecule has 0 aliphatic carbocycles.